The van der Waals surface area contributed by atoms with Gasteiger partial charge in [-0.2, -0.15) is 0 Å². The summed E-state index contributed by atoms with van der Waals surface area (Å²) >= 11 is 0. The molecular formula is C15H23N5O8. The average Bonchev–Trinajstić information content (AvgIpc) is 3.12. The first-order chi connectivity index (χ1) is 13.1. The van der Waals surface area contributed by atoms with E-state index in [1.807, 2.05) is 5.32 Å². The summed E-state index contributed by atoms with van der Waals surface area (Å²) in [5.74, 6) is -6.31. The summed E-state index contributed by atoms with van der Waals surface area (Å²) in [6.45, 7) is 0.212. The Morgan fingerprint density at radius 1 is 1.04 bits per heavy atom. The van der Waals surface area contributed by atoms with Gasteiger partial charge in [-0.15, -0.1) is 0 Å². The average molecular weight is 401 g/mol. The topological polar surface area (TPSA) is 217 Å². The number of carboxylic acid groups (broad SMARTS) is 2. The number of hydrogen-bond acceptors (Lipinski definition) is 7. The van der Waals surface area contributed by atoms with Crippen LogP contribution in [-0.2, 0) is 28.8 Å². The molecule has 0 aromatic rings. The van der Waals surface area contributed by atoms with Gasteiger partial charge in [0.25, 0.3) is 0 Å². The van der Waals surface area contributed by atoms with E-state index in [1.165, 1.54) is 0 Å². The van der Waals surface area contributed by atoms with Crippen LogP contribution in [0.1, 0.15) is 25.7 Å². The van der Waals surface area contributed by atoms with Gasteiger partial charge in [0.05, 0.1) is 25.4 Å². The molecule has 0 aromatic heterocycles. The molecule has 1 saturated heterocycles. The minimum absolute atomic E-state index is 0.393. The molecular weight excluding hydrogens is 378 g/mol. The highest BCUT2D eigenvalue weighted by Gasteiger charge is 2.29. The maximum Gasteiger partial charge on any atom is 0.326 e. The lowest BCUT2D eigenvalue weighted by atomic mass is 10.1. The van der Waals surface area contributed by atoms with E-state index in [-0.39, 0.29) is 0 Å². The predicted octanol–water partition coefficient (Wildman–Crippen LogP) is -3.74. The Morgan fingerprint density at radius 3 is 2.21 bits per heavy atom. The van der Waals surface area contributed by atoms with Crippen LogP contribution in [0.25, 0.3) is 0 Å². The number of rotatable bonds is 11. The fourth-order valence-corrected chi connectivity index (χ4v) is 2.50. The highest BCUT2D eigenvalue weighted by Crippen LogP contribution is 2.04. The summed E-state index contributed by atoms with van der Waals surface area (Å²) in [5.41, 5.74) is 5.02. The zero-order valence-electron chi connectivity index (χ0n) is 14.9. The van der Waals surface area contributed by atoms with Gasteiger partial charge in [0.15, 0.2) is 0 Å². The van der Waals surface area contributed by atoms with Crippen molar-refractivity contribution >= 4 is 35.6 Å². The minimum atomic E-state index is -1.76. The lowest BCUT2D eigenvalue weighted by Gasteiger charge is -2.20. The second-order valence-corrected chi connectivity index (χ2v) is 6.15. The van der Waals surface area contributed by atoms with Gasteiger partial charge in [0, 0.05) is 0 Å². The summed E-state index contributed by atoms with van der Waals surface area (Å²) in [6, 6.07) is -3.70. The van der Waals surface area contributed by atoms with E-state index in [9.17, 15) is 28.8 Å². The van der Waals surface area contributed by atoms with Gasteiger partial charge in [-0.1, -0.05) is 0 Å². The molecule has 0 aliphatic carbocycles. The van der Waals surface area contributed by atoms with Crippen molar-refractivity contribution in [1.82, 2.24) is 21.3 Å². The van der Waals surface area contributed by atoms with Gasteiger partial charge >= 0.3 is 11.9 Å². The Labute approximate surface area is 159 Å². The van der Waals surface area contributed by atoms with Crippen LogP contribution in [-0.4, -0.2) is 77.0 Å². The maximum absolute atomic E-state index is 12.2. The first-order valence-corrected chi connectivity index (χ1v) is 8.44. The molecule has 4 amide bonds. The maximum atomic E-state index is 12.2. The molecule has 0 radical (unpaired) electrons. The Morgan fingerprint density at radius 2 is 1.71 bits per heavy atom. The van der Waals surface area contributed by atoms with Crippen molar-refractivity contribution in [2.24, 2.45) is 5.73 Å². The van der Waals surface area contributed by atoms with E-state index < -0.39 is 73.1 Å². The van der Waals surface area contributed by atoms with Crippen molar-refractivity contribution in [3.05, 3.63) is 0 Å². The Hall–Kier alpha value is -3.22. The summed E-state index contributed by atoms with van der Waals surface area (Å²) in [5, 5.41) is 27.0. The van der Waals surface area contributed by atoms with Crippen molar-refractivity contribution in [2.75, 3.05) is 13.1 Å². The third-order valence-corrected chi connectivity index (χ3v) is 3.85. The van der Waals surface area contributed by atoms with Crippen LogP contribution in [0.3, 0.4) is 0 Å². The standard InChI is InChI=1S/C15H23N5O8/c16-10(21)4-8(14(26)20-9(15(27)28)5-12(23)24)19-11(22)6-18-13(25)7-2-1-3-17-7/h7-9,17H,1-6H2,(H2,16,21)(H,18,25)(H,19,22)(H,20,26)(H,23,24)(H,27,28). The zero-order valence-corrected chi connectivity index (χ0v) is 14.9. The molecule has 3 unspecified atom stereocenters. The highest BCUT2D eigenvalue weighted by molar-refractivity contribution is 5.95. The third-order valence-electron chi connectivity index (χ3n) is 3.85. The summed E-state index contributed by atoms with van der Waals surface area (Å²) in [4.78, 5) is 68.8. The molecule has 13 nitrogen and oxygen atoms in total. The molecule has 1 heterocycles. The normalized spacial score (nSPS) is 17.8. The summed E-state index contributed by atoms with van der Waals surface area (Å²) in [6.07, 6.45) is -0.0928. The third kappa shape index (κ3) is 7.99. The lowest BCUT2D eigenvalue weighted by molar-refractivity contribution is -0.147. The van der Waals surface area contributed by atoms with Crippen LogP contribution in [0.2, 0.25) is 0 Å². The van der Waals surface area contributed by atoms with Crippen LogP contribution in [0.4, 0.5) is 0 Å². The van der Waals surface area contributed by atoms with Crippen molar-refractivity contribution < 1.29 is 39.0 Å². The number of carbonyl (C=O) groups is 6. The summed E-state index contributed by atoms with van der Waals surface area (Å²) in [7, 11) is 0. The number of aliphatic carboxylic acids is 2. The molecule has 1 rings (SSSR count). The Bertz CT molecular complexity index is 646. The van der Waals surface area contributed by atoms with E-state index in [0.29, 0.717) is 13.0 Å². The molecule has 156 valence electrons. The second kappa shape index (κ2) is 10.8. The SMILES string of the molecule is NC(=O)CC(NC(=O)CNC(=O)C1CCCN1)C(=O)NC(CC(=O)O)C(=O)O. The molecule has 0 spiro atoms. The molecule has 1 aliphatic rings. The predicted molar refractivity (Wildman–Crippen MR) is 91.6 cm³/mol. The van der Waals surface area contributed by atoms with Crippen LogP contribution in [0, 0.1) is 0 Å². The van der Waals surface area contributed by atoms with E-state index in [0.717, 1.165) is 6.42 Å². The van der Waals surface area contributed by atoms with Gasteiger partial charge < -0.3 is 37.2 Å². The molecule has 3 atom stereocenters. The van der Waals surface area contributed by atoms with Gasteiger partial charge in [0.2, 0.25) is 23.6 Å². The lowest BCUT2D eigenvalue weighted by Crippen LogP contribution is -2.55. The van der Waals surface area contributed by atoms with Gasteiger partial charge in [-0.05, 0) is 19.4 Å². The van der Waals surface area contributed by atoms with Gasteiger partial charge in [-0.3, -0.25) is 24.0 Å². The molecule has 13 heteroatoms. The molecule has 0 aromatic carbocycles. The minimum Gasteiger partial charge on any atom is -0.481 e. The van der Waals surface area contributed by atoms with Crippen molar-refractivity contribution in [2.45, 2.75) is 43.8 Å². The summed E-state index contributed by atoms with van der Waals surface area (Å²) < 4.78 is 0. The van der Waals surface area contributed by atoms with Gasteiger partial charge in [-0.25, -0.2) is 4.79 Å². The number of amides is 4. The van der Waals surface area contributed by atoms with Crippen LogP contribution >= 0.6 is 0 Å². The zero-order chi connectivity index (χ0) is 21.3. The van der Waals surface area contributed by atoms with E-state index in [2.05, 4.69) is 16.0 Å². The molecule has 0 saturated carbocycles. The first-order valence-electron chi connectivity index (χ1n) is 8.44. The molecule has 1 aliphatic heterocycles. The largest absolute Gasteiger partial charge is 0.481 e. The van der Waals surface area contributed by atoms with E-state index in [4.69, 9.17) is 15.9 Å². The fourth-order valence-electron chi connectivity index (χ4n) is 2.50. The first kappa shape index (κ1) is 22.8. The van der Waals surface area contributed by atoms with Crippen LogP contribution in [0.15, 0.2) is 0 Å². The quantitative estimate of drug-likeness (QED) is 0.181. The van der Waals surface area contributed by atoms with E-state index in [1.54, 1.807) is 0 Å². The van der Waals surface area contributed by atoms with Crippen molar-refractivity contribution in [3.8, 4) is 0 Å². The van der Waals surface area contributed by atoms with E-state index >= 15 is 0 Å². The number of carboxylic acids is 2. The van der Waals surface area contributed by atoms with Crippen LogP contribution in [0.5, 0.6) is 0 Å². The smallest absolute Gasteiger partial charge is 0.326 e. The molecule has 28 heavy (non-hydrogen) atoms. The highest BCUT2D eigenvalue weighted by atomic mass is 16.4. The molecule has 0 bridgehead atoms. The number of nitrogens with two attached hydrogens (primary N) is 1. The number of hydrogen-bond donors (Lipinski definition) is 7. The van der Waals surface area contributed by atoms with Crippen LogP contribution < -0.4 is 27.0 Å². The second-order valence-electron chi connectivity index (χ2n) is 6.15. The fraction of sp³-hybridized carbons (Fsp3) is 0.600. The number of nitrogens with one attached hydrogen (secondary N) is 4. The molecule has 8 N–H and O–H groups in total. The van der Waals surface area contributed by atoms with Crippen molar-refractivity contribution in [1.29, 1.82) is 0 Å². The van der Waals surface area contributed by atoms with Crippen molar-refractivity contribution in [3.63, 3.8) is 0 Å². The van der Waals surface area contributed by atoms with Gasteiger partial charge in [0.1, 0.15) is 12.1 Å². The Kier molecular flexibility index (Phi) is 8.81. The molecule has 1 fully saturated rings. The Balaban J connectivity index is 2.64. The number of carbonyl (C=O) groups excluding carboxylic acids is 4. The monoisotopic (exact) mass is 401 g/mol. The number of primary amides is 1.